The van der Waals surface area contributed by atoms with Gasteiger partial charge in [-0.15, -0.1) is 0 Å². The number of ether oxygens (including phenoxy) is 2. The molecule has 0 amide bonds. The highest BCUT2D eigenvalue weighted by atomic mass is 16.5. The predicted molar refractivity (Wildman–Crippen MR) is 85.6 cm³/mol. The van der Waals surface area contributed by atoms with Crippen LogP contribution in [0.3, 0.4) is 0 Å². The van der Waals surface area contributed by atoms with Crippen LogP contribution in [-0.4, -0.2) is 74.8 Å². The number of nitrogens with one attached hydrogen (secondary N) is 1. The summed E-state index contributed by atoms with van der Waals surface area (Å²) in [6, 6.07) is 0.549. The number of aliphatic hydroxyl groups excluding tert-OH is 1. The van der Waals surface area contributed by atoms with Gasteiger partial charge in [-0.2, -0.15) is 0 Å². The lowest BCUT2D eigenvalue weighted by molar-refractivity contribution is -0.0428. The van der Waals surface area contributed by atoms with Crippen LogP contribution in [0.2, 0.25) is 0 Å². The molecule has 0 aromatic rings. The first-order valence-corrected chi connectivity index (χ1v) is 8.31. The highest BCUT2D eigenvalue weighted by Gasteiger charge is 2.25. The fourth-order valence-corrected chi connectivity index (χ4v) is 3.06. The van der Waals surface area contributed by atoms with Crippen LogP contribution in [0.5, 0.6) is 0 Å². The molecule has 0 bridgehead atoms. The van der Waals surface area contributed by atoms with Gasteiger partial charge >= 0.3 is 0 Å². The summed E-state index contributed by atoms with van der Waals surface area (Å²) >= 11 is 0. The van der Waals surface area contributed by atoms with Crippen molar-refractivity contribution in [3.05, 3.63) is 0 Å². The summed E-state index contributed by atoms with van der Waals surface area (Å²) in [6.45, 7) is 11.2. The minimum Gasteiger partial charge on any atom is -0.389 e. The average molecular weight is 302 g/mol. The lowest BCUT2D eigenvalue weighted by Crippen LogP contribution is -2.47. The lowest BCUT2D eigenvalue weighted by atomic mass is 9.91. The zero-order chi connectivity index (χ0) is 15.7. The molecule has 0 aromatic carbocycles. The van der Waals surface area contributed by atoms with Crippen LogP contribution < -0.4 is 5.32 Å². The minimum atomic E-state index is -0.419. The zero-order valence-corrected chi connectivity index (χ0v) is 14.2. The van der Waals surface area contributed by atoms with E-state index in [1.54, 1.807) is 7.11 Å². The van der Waals surface area contributed by atoms with Crippen LogP contribution in [0.4, 0.5) is 0 Å². The molecule has 2 N–H and O–H groups in total. The number of β-amino-alcohol motifs (C(OH)–C–C–N with tert-alkyl or cyclic N) is 1. The molecule has 0 saturated carbocycles. The summed E-state index contributed by atoms with van der Waals surface area (Å²) in [5.74, 6) is 0.680. The Labute approximate surface area is 130 Å². The van der Waals surface area contributed by atoms with Crippen LogP contribution in [0.1, 0.15) is 33.6 Å². The third kappa shape index (κ3) is 7.56. The smallest absolute Gasteiger partial charge is 0.0900 e. The molecule has 4 unspecified atom stereocenters. The maximum Gasteiger partial charge on any atom is 0.0900 e. The fraction of sp³-hybridized carbons (Fsp3) is 1.00. The second-order valence-corrected chi connectivity index (χ2v) is 6.26. The Morgan fingerprint density at radius 2 is 2.10 bits per heavy atom. The number of hydrogen-bond acceptors (Lipinski definition) is 5. The maximum absolute atomic E-state index is 10.1. The number of aliphatic hydroxyl groups is 1. The second-order valence-electron chi connectivity index (χ2n) is 6.26. The van der Waals surface area contributed by atoms with Crippen molar-refractivity contribution < 1.29 is 14.6 Å². The van der Waals surface area contributed by atoms with Crippen LogP contribution in [0.25, 0.3) is 0 Å². The van der Waals surface area contributed by atoms with Gasteiger partial charge in [0.1, 0.15) is 0 Å². The van der Waals surface area contributed by atoms with E-state index in [1.165, 1.54) is 12.8 Å². The van der Waals surface area contributed by atoms with E-state index < -0.39 is 6.10 Å². The second kappa shape index (κ2) is 10.5. The molecule has 21 heavy (non-hydrogen) atoms. The van der Waals surface area contributed by atoms with E-state index in [0.29, 0.717) is 31.7 Å². The Morgan fingerprint density at radius 1 is 1.33 bits per heavy atom. The highest BCUT2D eigenvalue weighted by molar-refractivity contribution is 4.81. The van der Waals surface area contributed by atoms with Crippen LogP contribution in [-0.2, 0) is 9.47 Å². The molecule has 5 heteroatoms. The standard InChI is InChI=1S/C16H34N2O3/c1-5-17-14(3)15-7-6-8-18(9-15)10-16(19)12-21-13(2)11-20-4/h13-17,19H,5-12H2,1-4H3. The van der Waals surface area contributed by atoms with E-state index in [9.17, 15) is 5.11 Å². The molecule has 1 heterocycles. The van der Waals surface area contributed by atoms with E-state index in [1.807, 2.05) is 6.92 Å². The monoisotopic (exact) mass is 302 g/mol. The lowest BCUT2D eigenvalue weighted by Gasteiger charge is -2.37. The number of methoxy groups -OCH3 is 1. The molecule has 0 spiro atoms. The molecule has 1 fully saturated rings. The van der Waals surface area contributed by atoms with Gasteiger partial charge in [-0.3, -0.25) is 0 Å². The number of piperidine rings is 1. The molecule has 5 nitrogen and oxygen atoms in total. The van der Waals surface area contributed by atoms with E-state index >= 15 is 0 Å². The van der Waals surface area contributed by atoms with Gasteiger partial charge in [0.05, 0.1) is 25.4 Å². The molecule has 1 aliphatic heterocycles. The van der Waals surface area contributed by atoms with Gasteiger partial charge < -0.3 is 24.8 Å². The molecule has 0 aliphatic carbocycles. The first kappa shape index (κ1) is 18.8. The third-order valence-corrected chi connectivity index (χ3v) is 4.22. The number of nitrogens with zero attached hydrogens (tertiary/aromatic N) is 1. The van der Waals surface area contributed by atoms with Gasteiger partial charge in [0, 0.05) is 26.2 Å². The molecular weight excluding hydrogens is 268 g/mol. The molecular formula is C16H34N2O3. The molecule has 0 aromatic heterocycles. The zero-order valence-electron chi connectivity index (χ0n) is 14.2. The Hall–Kier alpha value is -0.200. The van der Waals surface area contributed by atoms with Crippen molar-refractivity contribution in [1.82, 2.24) is 10.2 Å². The molecule has 1 saturated heterocycles. The van der Waals surface area contributed by atoms with Gasteiger partial charge in [-0.1, -0.05) is 6.92 Å². The van der Waals surface area contributed by atoms with Crippen molar-refractivity contribution in [2.75, 3.05) is 46.5 Å². The van der Waals surface area contributed by atoms with Crippen molar-refractivity contribution in [2.24, 2.45) is 5.92 Å². The van der Waals surface area contributed by atoms with Gasteiger partial charge in [-0.25, -0.2) is 0 Å². The normalized spacial score (nSPS) is 24.7. The Morgan fingerprint density at radius 3 is 2.76 bits per heavy atom. The van der Waals surface area contributed by atoms with Crippen molar-refractivity contribution in [3.63, 3.8) is 0 Å². The van der Waals surface area contributed by atoms with Gasteiger partial charge in [0.25, 0.3) is 0 Å². The quantitative estimate of drug-likeness (QED) is 0.633. The first-order chi connectivity index (χ1) is 10.1. The van der Waals surface area contributed by atoms with Crippen molar-refractivity contribution in [3.8, 4) is 0 Å². The van der Waals surface area contributed by atoms with Crippen LogP contribution >= 0.6 is 0 Å². The van der Waals surface area contributed by atoms with E-state index in [4.69, 9.17) is 9.47 Å². The topological polar surface area (TPSA) is 54.0 Å². The summed E-state index contributed by atoms with van der Waals surface area (Å²) < 4.78 is 10.6. The number of rotatable bonds is 10. The average Bonchev–Trinajstić information content (AvgIpc) is 2.46. The van der Waals surface area contributed by atoms with Gasteiger partial charge in [0.15, 0.2) is 0 Å². The van der Waals surface area contributed by atoms with Gasteiger partial charge in [-0.05, 0) is 45.7 Å². The predicted octanol–water partition coefficient (Wildman–Crippen LogP) is 1.11. The summed E-state index contributed by atoms with van der Waals surface area (Å²) in [4.78, 5) is 2.37. The number of likely N-dealkylation sites (tertiary alicyclic amines) is 1. The minimum absolute atomic E-state index is 0.0348. The van der Waals surface area contributed by atoms with E-state index in [2.05, 4.69) is 24.1 Å². The molecule has 126 valence electrons. The van der Waals surface area contributed by atoms with Crippen molar-refractivity contribution in [2.45, 2.75) is 51.9 Å². The molecule has 4 atom stereocenters. The Kier molecular flexibility index (Phi) is 9.44. The van der Waals surface area contributed by atoms with Crippen LogP contribution in [0, 0.1) is 5.92 Å². The molecule has 1 rings (SSSR count). The maximum atomic E-state index is 10.1. The summed E-state index contributed by atoms with van der Waals surface area (Å²) in [5, 5.41) is 13.6. The molecule has 0 radical (unpaired) electrons. The van der Waals surface area contributed by atoms with Crippen molar-refractivity contribution >= 4 is 0 Å². The number of hydrogen-bond donors (Lipinski definition) is 2. The summed E-state index contributed by atoms with van der Waals surface area (Å²) in [7, 11) is 1.66. The summed E-state index contributed by atoms with van der Waals surface area (Å²) in [6.07, 6.45) is 2.11. The van der Waals surface area contributed by atoms with Gasteiger partial charge in [0.2, 0.25) is 0 Å². The first-order valence-electron chi connectivity index (χ1n) is 8.31. The van der Waals surface area contributed by atoms with Crippen LogP contribution in [0.15, 0.2) is 0 Å². The molecule has 1 aliphatic rings. The largest absolute Gasteiger partial charge is 0.389 e. The third-order valence-electron chi connectivity index (χ3n) is 4.22. The highest BCUT2D eigenvalue weighted by Crippen LogP contribution is 2.20. The Bertz CT molecular complexity index is 266. The Balaban J connectivity index is 2.26. The van der Waals surface area contributed by atoms with E-state index in [0.717, 1.165) is 19.6 Å². The fourth-order valence-electron chi connectivity index (χ4n) is 3.06. The summed E-state index contributed by atoms with van der Waals surface area (Å²) in [5.41, 5.74) is 0. The van der Waals surface area contributed by atoms with E-state index in [-0.39, 0.29) is 6.10 Å². The van der Waals surface area contributed by atoms with Crippen molar-refractivity contribution in [1.29, 1.82) is 0 Å². The SMILES string of the molecule is CCNC(C)C1CCCN(CC(O)COC(C)COC)C1.